The van der Waals surface area contributed by atoms with Crippen LogP contribution >= 0.6 is 0 Å². The van der Waals surface area contributed by atoms with Crippen molar-refractivity contribution < 1.29 is 19.5 Å². The minimum Gasteiger partial charge on any atom is -0.396 e. The highest BCUT2D eigenvalue weighted by atomic mass is 16.3. The number of allylic oxidation sites excluding steroid dienone is 1. The van der Waals surface area contributed by atoms with Crippen LogP contribution < -0.4 is 10.6 Å². The van der Waals surface area contributed by atoms with Crippen LogP contribution in [0.3, 0.4) is 0 Å². The van der Waals surface area contributed by atoms with Crippen molar-refractivity contribution >= 4 is 17.7 Å². The van der Waals surface area contributed by atoms with Gasteiger partial charge in [0, 0.05) is 31.7 Å². The van der Waals surface area contributed by atoms with E-state index in [2.05, 4.69) is 23.6 Å². The molecule has 5 atom stereocenters. The van der Waals surface area contributed by atoms with E-state index in [0.717, 1.165) is 38.5 Å². The smallest absolute Gasteiger partial charge is 0.243 e. The van der Waals surface area contributed by atoms with Gasteiger partial charge in [-0.25, -0.2) is 0 Å². The van der Waals surface area contributed by atoms with Gasteiger partial charge in [-0.2, -0.15) is 0 Å². The zero-order valence-electron chi connectivity index (χ0n) is 19.8. The van der Waals surface area contributed by atoms with E-state index in [4.69, 9.17) is 5.11 Å². The molecular weight excluding hydrogens is 394 g/mol. The molecule has 0 spiro atoms. The van der Waals surface area contributed by atoms with E-state index < -0.39 is 23.4 Å². The van der Waals surface area contributed by atoms with Gasteiger partial charge < -0.3 is 20.6 Å². The number of carbonyl (C=O) groups is 3. The summed E-state index contributed by atoms with van der Waals surface area (Å²) in [5.74, 6) is -1.61. The zero-order chi connectivity index (χ0) is 23.2. The fraction of sp³-hybridized carbons (Fsp3) is 0.792. The van der Waals surface area contributed by atoms with Crippen molar-refractivity contribution in [3.63, 3.8) is 0 Å². The summed E-state index contributed by atoms with van der Waals surface area (Å²) >= 11 is 0. The van der Waals surface area contributed by atoms with E-state index in [-0.39, 0.29) is 36.2 Å². The third-order valence-electron chi connectivity index (χ3n) is 6.36. The molecule has 7 heteroatoms. The van der Waals surface area contributed by atoms with E-state index >= 15 is 0 Å². The Kier molecular flexibility index (Phi) is 9.10. The van der Waals surface area contributed by atoms with E-state index in [0.29, 0.717) is 6.54 Å². The lowest BCUT2D eigenvalue weighted by molar-refractivity contribution is -0.141. The number of unbranched alkanes of at least 4 members (excludes halogenated alkanes) is 3. The van der Waals surface area contributed by atoms with Gasteiger partial charge in [0.15, 0.2) is 0 Å². The average Bonchev–Trinajstić information content (AvgIpc) is 2.98. The average molecular weight is 436 g/mol. The Morgan fingerprint density at radius 1 is 1.10 bits per heavy atom. The summed E-state index contributed by atoms with van der Waals surface area (Å²) in [6.45, 7) is 8.53. The van der Waals surface area contributed by atoms with Gasteiger partial charge in [0.05, 0.1) is 11.8 Å². The van der Waals surface area contributed by atoms with Gasteiger partial charge in [-0.05, 0) is 46.0 Å². The minimum absolute atomic E-state index is 0.00554. The molecule has 0 unspecified atom stereocenters. The predicted molar refractivity (Wildman–Crippen MR) is 121 cm³/mol. The molecule has 2 aliphatic rings. The van der Waals surface area contributed by atoms with Crippen molar-refractivity contribution in [1.82, 2.24) is 15.5 Å². The molecule has 0 bridgehead atoms. The maximum atomic E-state index is 13.6. The monoisotopic (exact) mass is 435 g/mol. The fourth-order valence-corrected chi connectivity index (χ4v) is 5.06. The highest BCUT2D eigenvalue weighted by molar-refractivity contribution is 5.96. The number of aliphatic hydroxyl groups excluding tert-OH is 1. The lowest BCUT2D eigenvalue weighted by Gasteiger charge is -2.34. The van der Waals surface area contributed by atoms with E-state index in [1.165, 1.54) is 0 Å². The van der Waals surface area contributed by atoms with Crippen molar-refractivity contribution in [3.8, 4) is 0 Å². The van der Waals surface area contributed by atoms with Crippen LogP contribution in [0.5, 0.6) is 0 Å². The SMILES string of the molecule is CCC[C@@H]1C=C[C@H]2[C@@H](C(=O)N(CCCCCCO)[C@@H]2C(=O)NC(C)(C)C)[C@@H]1C(=O)NC. The number of hydrogen-bond donors (Lipinski definition) is 3. The number of nitrogens with zero attached hydrogens (tertiary/aromatic N) is 1. The first-order valence-electron chi connectivity index (χ1n) is 11.8. The number of amides is 3. The third-order valence-corrected chi connectivity index (χ3v) is 6.36. The van der Waals surface area contributed by atoms with Crippen molar-refractivity contribution in [2.45, 2.75) is 77.8 Å². The highest BCUT2D eigenvalue weighted by Crippen LogP contribution is 2.45. The number of nitrogens with one attached hydrogen (secondary N) is 2. The van der Waals surface area contributed by atoms with Crippen LogP contribution in [0.4, 0.5) is 0 Å². The lowest BCUT2D eigenvalue weighted by Crippen LogP contribution is -2.52. The molecule has 1 heterocycles. The van der Waals surface area contributed by atoms with Crippen molar-refractivity contribution in [2.24, 2.45) is 23.7 Å². The van der Waals surface area contributed by atoms with E-state index in [1.54, 1.807) is 11.9 Å². The molecular formula is C24H41N3O4. The number of rotatable bonds is 10. The van der Waals surface area contributed by atoms with Gasteiger partial charge >= 0.3 is 0 Å². The van der Waals surface area contributed by atoms with Crippen LogP contribution in [-0.4, -0.2) is 59.5 Å². The molecule has 7 nitrogen and oxygen atoms in total. The first kappa shape index (κ1) is 25.4. The summed E-state index contributed by atoms with van der Waals surface area (Å²) < 4.78 is 0. The van der Waals surface area contributed by atoms with Gasteiger partial charge in [0.2, 0.25) is 17.7 Å². The zero-order valence-corrected chi connectivity index (χ0v) is 19.8. The molecule has 1 saturated heterocycles. The summed E-state index contributed by atoms with van der Waals surface area (Å²) in [5.41, 5.74) is -0.408. The molecule has 1 aliphatic carbocycles. The highest BCUT2D eigenvalue weighted by Gasteiger charge is 2.56. The Morgan fingerprint density at radius 3 is 2.35 bits per heavy atom. The normalized spacial score (nSPS) is 27.9. The molecule has 3 N–H and O–H groups in total. The molecule has 0 aromatic heterocycles. The van der Waals surface area contributed by atoms with Gasteiger partial charge in [0.1, 0.15) is 6.04 Å². The Bertz CT molecular complexity index is 670. The lowest BCUT2D eigenvalue weighted by atomic mass is 9.68. The van der Waals surface area contributed by atoms with E-state index in [9.17, 15) is 14.4 Å². The number of carbonyl (C=O) groups excluding carboxylic acids is 3. The van der Waals surface area contributed by atoms with Crippen molar-refractivity contribution in [1.29, 1.82) is 0 Å². The summed E-state index contributed by atoms with van der Waals surface area (Å²) in [6.07, 6.45) is 9.14. The second kappa shape index (κ2) is 11.1. The molecule has 0 saturated carbocycles. The number of hydrogen-bond acceptors (Lipinski definition) is 4. The van der Waals surface area contributed by atoms with Crippen LogP contribution in [0.25, 0.3) is 0 Å². The Hall–Kier alpha value is -1.89. The molecule has 0 aromatic rings. The number of likely N-dealkylation sites (tertiary alicyclic amines) is 1. The predicted octanol–water partition coefficient (Wildman–Crippen LogP) is 2.25. The Balaban J connectivity index is 2.34. The molecule has 2 rings (SSSR count). The minimum atomic E-state index is -0.597. The fourth-order valence-electron chi connectivity index (χ4n) is 5.06. The summed E-state index contributed by atoms with van der Waals surface area (Å²) in [7, 11) is 1.61. The quantitative estimate of drug-likeness (QED) is 0.362. The summed E-state index contributed by atoms with van der Waals surface area (Å²) in [5, 5.41) is 14.8. The van der Waals surface area contributed by atoms with Gasteiger partial charge in [0.25, 0.3) is 0 Å². The van der Waals surface area contributed by atoms with E-state index in [1.807, 2.05) is 26.8 Å². The van der Waals surface area contributed by atoms with Gasteiger partial charge in [-0.15, -0.1) is 0 Å². The molecule has 0 aromatic carbocycles. The van der Waals surface area contributed by atoms with Crippen LogP contribution in [0.15, 0.2) is 12.2 Å². The first-order chi connectivity index (χ1) is 14.7. The largest absolute Gasteiger partial charge is 0.396 e. The van der Waals surface area contributed by atoms with Crippen molar-refractivity contribution in [2.75, 3.05) is 20.2 Å². The molecule has 31 heavy (non-hydrogen) atoms. The number of fused-ring (bicyclic) bond motifs is 1. The molecule has 1 fully saturated rings. The maximum absolute atomic E-state index is 13.6. The molecule has 1 aliphatic heterocycles. The van der Waals surface area contributed by atoms with Crippen LogP contribution in [-0.2, 0) is 14.4 Å². The van der Waals surface area contributed by atoms with Crippen molar-refractivity contribution in [3.05, 3.63) is 12.2 Å². The maximum Gasteiger partial charge on any atom is 0.243 e. The molecule has 0 radical (unpaired) electrons. The molecule has 176 valence electrons. The third kappa shape index (κ3) is 6.09. The van der Waals surface area contributed by atoms with Crippen LogP contribution in [0, 0.1) is 23.7 Å². The second-order valence-corrected chi connectivity index (χ2v) is 9.93. The summed E-state index contributed by atoms with van der Waals surface area (Å²) in [6, 6.07) is -0.597. The summed E-state index contributed by atoms with van der Waals surface area (Å²) in [4.78, 5) is 41.5. The topological polar surface area (TPSA) is 98.7 Å². The standard InChI is InChI=1S/C24H41N3O4/c1-6-11-16-12-13-17-19(18(16)21(29)25-5)23(31)27(14-9-7-8-10-15-28)20(17)22(30)26-24(2,3)4/h12-13,16-20,28H,6-11,14-15H2,1-5H3,(H,25,29)(H,26,30)/t16-,17+,18-,19-,20+/m1/s1. The Morgan fingerprint density at radius 2 is 1.77 bits per heavy atom. The number of aliphatic hydroxyl groups is 1. The van der Waals surface area contributed by atoms with Gasteiger partial charge in [-0.1, -0.05) is 38.3 Å². The van der Waals surface area contributed by atoms with Gasteiger partial charge in [-0.3, -0.25) is 14.4 Å². The second-order valence-electron chi connectivity index (χ2n) is 9.93. The Labute approximate surface area is 187 Å². The van der Waals surface area contributed by atoms with Crippen LogP contribution in [0.2, 0.25) is 0 Å². The molecule has 3 amide bonds. The van der Waals surface area contributed by atoms with Crippen LogP contribution in [0.1, 0.15) is 66.2 Å². The first-order valence-corrected chi connectivity index (χ1v) is 11.8.